The molecule has 0 bridgehead atoms. The number of esters is 1. The number of hydrogen-bond donors (Lipinski definition) is 1. The second-order valence-corrected chi connectivity index (χ2v) is 7.37. The van der Waals surface area contributed by atoms with Crippen molar-refractivity contribution in [2.75, 3.05) is 26.8 Å². The summed E-state index contributed by atoms with van der Waals surface area (Å²) in [5, 5.41) is 2.67. The third-order valence-electron chi connectivity index (χ3n) is 5.48. The molecule has 0 aromatic heterocycles. The predicted octanol–water partition coefficient (Wildman–Crippen LogP) is 1.07. The van der Waals surface area contributed by atoms with Crippen molar-refractivity contribution in [1.29, 1.82) is 0 Å². The minimum absolute atomic E-state index is 0.291. The van der Waals surface area contributed by atoms with Gasteiger partial charge in [-0.05, 0) is 37.0 Å². The summed E-state index contributed by atoms with van der Waals surface area (Å²) in [6, 6.07) is 7.51. The van der Waals surface area contributed by atoms with E-state index in [4.69, 9.17) is 9.47 Å². The first-order valence-corrected chi connectivity index (χ1v) is 9.90. The van der Waals surface area contributed by atoms with Crippen LogP contribution in [0.4, 0.5) is 0 Å². The summed E-state index contributed by atoms with van der Waals surface area (Å²) in [7, 11) is 1.60. The molecular formula is C21H26N2O6. The molecule has 8 heteroatoms. The summed E-state index contributed by atoms with van der Waals surface area (Å²) in [6.07, 6.45) is 3.86. The summed E-state index contributed by atoms with van der Waals surface area (Å²) in [4.78, 5) is 49.5. The van der Waals surface area contributed by atoms with Gasteiger partial charge < -0.3 is 14.8 Å². The van der Waals surface area contributed by atoms with Crippen molar-refractivity contribution in [2.24, 2.45) is 11.8 Å². The van der Waals surface area contributed by atoms with Gasteiger partial charge in [-0.15, -0.1) is 0 Å². The number of ether oxygens (including phenoxy) is 2. The lowest BCUT2D eigenvalue weighted by atomic mass is 9.81. The molecule has 29 heavy (non-hydrogen) atoms. The van der Waals surface area contributed by atoms with Crippen LogP contribution < -0.4 is 10.1 Å². The molecule has 1 N–H and O–H groups in total. The van der Waals surface area contributed by atoms with Gasteiger partial charge in [-0.1, -0.05) is 25.0 Å². The minimum atomic E-state index is -0.754. The van der Waals surface area contributed by atoms with E-state index in [-0.39, 0.29) is 23.7 Å². The van der Waals surface area contributed by atoms with E-state index in [1.54, 1.807) is 7.11 Å². The maximum atomic E-state index is 12.4. The number of benzene rings is 1. The molecule has 1 aliphatic heterocycles. The van der Waals surface area contributed by atoms with Crippen LogP contribution in [0, 0.1) is 11.8 Å². The third-order valence-corrected chi connectivity index (χ3v) is 5.48. The highest BCUT2D eigenvalue weighted by Gasteiger charge is 2.48. The fourth-order valence-electron chi connectivity index (χ4n) is 3.90. The molecular weight excluding hydrogens is 376 g/mol. The number of nitrogens with one attached hydrogen (secondary N) is 1. The molecule has 0 spiro atoms. The normalized spacial score (nSPS) is 20.9. The maximum absolute atomic E-state index is 12.4. The number of rotatable bonds is 8. The number of fused-ring (bicyclic) bond motifs is 1. The highest BCUT2D eigenvalue weighted by atomic mass is 16.5. The van der Waals surface area contributed by atoms with Crippen LogP contribution in [0.2, 0.25) is 0 Å². The quantitative estimate of drug-likeness (QED) is 0.516. The topological polar surface area (TPSA) is 102 Å². The Bertz CT molecular complexity index is 752. The average Bonchev–Trinajstić information content (AvgIpc) is 2.98. The van der Waals surface area contributed by atoms with Crippen molar-refractivity contribution in [2.45, 2.75) is 32.1 Å². The van der Waals surface area contributed by atoms with Gasteiger partial charge in [0.25, 0.3) is 5.91 Å². The molecule has 1 aromatic rings. The molecule has 1 saturated heterocycles. The summed E-state index contributed by atoms with van der Waals surface area (Å²) >= 11 is 0. The Morgan fingerprint density at radius 1 is 1.07 bits per heavy atom. The minimum Gasteiger partial charge on any atom is -0.497 e. The molecule has 0 radical (unpaired) electrons. The summed E-state index contributed by atoms with van der Waals surface area (Å²) < 4.78 is 10.0. The molecule has 1 saturated carbocycles. The van der Waals surface area contributed by atoms with Crippen LogP contribution in [0.3, 0.4) is 0 Å². The molecule has 1 aliphatic carbocycles. The van der Waals surface area contributed by atoms with E-state index in [9.17, 15) is 19.2 Å². The summed E-state index contributed by atoms with van der Waals surface area (Å²) in [5.74, 6) is -1.61. The Morgan fingerprint density at radius 3 is 2.28 bits per heavy atom. The van der Waals surface area contributed by atoms with Gasteiger partial charge in [-0.2, -0.15) is 0 Å². The van der Waals surface area contributed by atoms with Gasteiger partial charge in [0.2, 0.25) is 11.8 Å². The first-order valence-electron chi connectivity index (χ1n) is 9.90. The molecule has 8 nitrogen and oxygen atoms in total. The highest BCUT2D eigenvalue weighted by molar-refractivity contribution is 6.07. The standard InChI is InChI=1S/C21H26N2O6/c1-28-15-8-6-14(7-9-15)10-11-22-18(24)13-29-19(25)12-23-20(26)16-4-2-3-5-17(16)21(23)27/h6-9,16-17H,2-5,10-13H2,1H3,(H,22,24)/t16-,17-/m0/s1. The lowest BCUT2D eigenvalue weighted by molar-refractivity contribution is -0.154. The fourth-order valence-corrected chi connectivity index (χ4v) is 3.90. The van der Waals surface area contributed by atoms with Crippen molar-refractivity contribution in [3.63, 3.8) is 0 Å². The maximum Gasteiger partial charge on any atom is 0.326 e. The third kappa shape index (κ3) is 5.13. The van der Waals surface area contributed by atoms with E-state index in [1.807, 2.05) is 24.3 Å². The second kappa shape index (κ2) is 9.54. The molecule has 2 aliphatic rings. The van der Waals surface area contributed by atoms with Gasteiger partial charge in [-0.25, -0.2) is 0 Å². The SMILES string of the molecule is COc1ccc(CCNC(=O)COC(=O)CN2C(=O)[C@H]3CCCC[C@@H]3C2=O)cc1. The Labute approximate surface area is 169 Å². The highest BCUT2D eigenvalue weighted by Crippen LogP contribution is 2.37. The Hall–Kier alpha value is -2.90. The Morgan fingerprint density at radius 2 is 1.69 bits per heavy atom. The predicted molar refractivity (Wildman–Crippen MR) is 103 cm³/mol. The summed E-state index contributed by atoms with van der Waals surface area (Å²) in [5.41, 5.74) is 1.04. The fraction of sp³-hybridized carbons (Fsp3) is 0.524. The molecule has 3 amide bonds. The van der Waals surface area contributed by atoms with Crippen molar-refractivity contribution in [3.8, 4) is 5.75 Å². The zero-order chi connectivity index (χ0) is 20.8. The number of nitrogens with zero attached hydrogens (tertiary/aromatic N) is 1. The molecule has 156 valence electrons. The molecule has 2 atom stereocenters. The number of carbonyl (C=O) groups is 4. The number of methoxy groups -OCH3 is 1. The lowest BCUT2D eigenvalue weighted by Crippen LogP contribution is -2.38. The van der Waals surface area contributed by atoms with Gasteiger partial charge in [0, 0.05) is 6.54 Å². The largest absolute Gasteiger partial charge is 0.497 e. The van der Waals surface area contributed by atoms with E-state index >= 15 is 0 Å². The van der Waals surface area contributed by atoms with E-state index in [0.29, 0.717) is 25.8 Å². The van der Waals surface area contributed by atoms with Crippen LogP contribution in [-0.2, 0) is 30.3 Å². The zero-order valence-corrected chi connectivity index (χ0v) is 16.5. The lowest BCUT2D eigenvalue weighted by Gasteiger charge is -2.19. The van der Waals surface area contributed by atoms with Crippen LogP contribution in [-0.4, -0.2) is 55.4 Å². The van der Waals surface area contributed by atoms with Crippen LogP contribution in [0.15, 0.2) is 24.3 Å². The smallest absolute Gasteiger partial charge is 0.326 e. The van der Waals surface area contributed by atoms with E-state index in [2.05, 4.69) is 5.32 Å². The number of imide groups is 1. The van der Waals surface area contributed by atoms with Crippen molar-refractivity contribution in [3.05, 3.63) is 29.8 Å². The number of hydrogen-bond acceptors (Lipinski definition) is 6. The molecule has 2 fully saturated rings. The first-order chi connectivity index (χ1) is 14.0. The van der Waals surface area contributed by atoms with Crippen LogP contribution >= 0.6 is 0 Å². The molecule has 0 unspecified atom stereocenters. The molecule has 1 heterocycles. The zero-order valence-electron chi connectivity index (χ0n) is 16.5. The average molecular weight is 402 g/mol. The monoisotopic (exact) mass is 402 g/mol. The van der Waals surface area contributed by atoms with Crippen molar-refractivity contribution >= 4 is 23.7 Å². The Kier molecular flexibility index (Phi) is 6.85. The van der Waals surface area contributed by atoms with Crippen molar-refractivity contribution in [1.82, 2.24) is 10.2 Å². The van der Waals surface area contributed by atoms with Gasteiger partial charge in [0.15, 0.2) is 6.61 Å². The summed E-state index contributed by atoms with van der Waals surface area (Å²) in [6.45, 7) is -0.469. The number of carbonyl (C=O) groups excluding carboxylic acids is 4. The number of likely N-dealkylation sites (tertiary alicyclic amines) is 1. The first kappa shape index (κ1) is 20.8. The van der Waals surface area contributed by atoms with Crippen LogP contribution in [0.1, 0.15) is 31.2 Å². The number of amides is 3. The van der Waals surface area contributed by atoms with Crippen LogP contribution in [0.25, 0.3) is 0 Å². The van der Waals surface area contributed by atoms with E-state index < -0.39 is 25.0 Å². The van der Waals surface area contributed by atoms with Gasteiger partial charge in [0.1, 0.15) is 12.3 Å². The molecule has 1 aromatic carbocycles. The Balaban J connectivity index is 1.37. The van der Waals surface area contributed by atoms with Crippen molar-refractivity contribution < 1.29 is 28.7 Å². The van der Waals surface area contributed by atoms with E-state index in [1.165, 1.54) is 0 Å². The van der Waals surface area contributed by atoms with Gasteiger partial charge in [0.05, 0.1) is 18.9 Å². The van der Waals surface area contributed by atoms with Gasteiger partial charge in [-0.3, -0.25) is 24.1 Å². The van der Waals surface area contributed by atoms with E-state index in [0.717, 1.165) is 29.1 Å². The van der Waals surface area contributed by atoms with Gasteiger partial charge >= 0.3 is 5.97 Å². The second-order valence-electron chi connectivity index (χ2n) is 7.37. The van der Waals surface area contributed by atoms with Crippen LogP contribution in [0.5, 0.6) is 5.75 Å². The molecule has 3 rings (SSSR count).